The van der Waals surface area contributed by atoms with Gasteiger partial charge in [-0.25, -0.2) is 4.98 Å². The molecule has 6 heteroatoms. The Balaban J connectivity index is 1.81. The summed E-state index contributed by atoms with van der Waals surface area (Å²) in [4.78, 5) is 9.53. The maximum Gasteiger partial charge on any atom is 0.161 e. The molecule has 0 spiro atoms. The number of aromatic nitrogens is 3. The molecule has 0 unspecified atom stereocenters. The molecule has 2 aromatic heterocycles. The summed E-state index contributed by atoms with van der Waals surface area (Å²) in [6.45, 7) is 8.29. The molecule has 6 nitrogen and oxygen atoms in total. The van der Waals surface area contributed by atoms with E-state index >= 15 is 0 Å². The first kappa shape index (κ1) is 16.8. The molecule has 0 N–H and O–H groups in total. The Kier molecular flexibility index (Phi) is 4.28. The van der Waals surface area contributed by atoms with E-state index in [9.17, 15) is 0 Å². The van der Waals surface area contributed by atoms with Gasteiger partial charge in [-0.2, -0.15) is 9.61 Å². The zero-order valence-corrected chi connectivity index (χ0v) is 15.9. The Labute approximate surface area is 154 Å². The average Bonchev–Trinajstić information content (AvgIpc) is 2.99. The van der Waals surface area contributed by atoms with Crippen LogP contribution in [0.4, 0.5) is 5.82 Å². The van der Waals surface area contributed by atoms with Crippen LogP contribution in [0.25, 0.3) is 16.9 Å². The quantitative estimate of drug-likeness (QED) is 0.726. The van der Waals surface area contributed by atoms with Crippen LogP contribution < -0.4 is 9.64 Å². The SMILES string of the molecule is COc1ccc(-c2nn3c(N4CCN(C)CC4)cc(C)nc3c2C)cc1. The number of likely N-dealkylation sites (N-methyl/N-ethyl adjacent to an activating group) is 1. The first-order valence-corrected chi connectivity index (χ1v) is 9.01. The normalized spacial score (nSPS) is 15.6. The Morgan fingerprint density at radius 3 is 2.35 bits per heavy atom. The molecule has 0 saturated carbocycles. The van der Waals surface area contributed by atoms with E-state index in [0.29, 0.717) is 0 Å². The van der Waals surface area contributed by atoms with Gasteiger partial charge in [0.25, 0.3) is 0 Å². The molecule has 1 saturated heterocycles. The number of methoxy groups -OCH3 is 1. The second-order valence-corrected chi connectivity index (χ2v) is 6.98. The molecular weight excluding hydrogens is 326 g/mol. The molecule has 0 amide bonds. The van der Waals surface area contributed by atoms with Crippen molar-refractivity contribution < 1.29 is 4.74 Å². The molecule has 136 valence electrons. The van der Waals surface area contributed by atoms with Crippen molar-refractivity contribution in [2.24, 2.45) is 0 Å². The van der Waals surface area contributed by atoms with Gasteiger partial charge in [0.15, 0.2) is 5.65 Å². The summed E-state index contributed by atoms with van der Waals surface area (Å²) in [6.07, 6.45) is 0. The monoisotopic (exact) mass is 351 g/mol. The van der Waals surface area contributed by atoms with Crippen LogP contribution in [0.3, 0.4) is 0 Å². The predicted octanol–water partition coefficient (Wildman–Crippen LogP) is 2.77. The van der Waals surface area contributed by atoms with Crippen LogP contribution in [-0.2, 0) is 0 Å². The second-order valence-electron chi connectivity index (χ2n) is 6.98. The number of fused-ring (bicyclic) bond motifs is 1. The highest BCUT2D eigenvalue weighted by molar-refractivity contribution is 5.72. The number of ether oxygens (including phenoxy) is 1. The van der Waals surface area contributed by atoms with Gasteiger partial charge < -0.3 is 14.5 Å². The number of aryl methyl sites for hydroxylation is 2. The van der Waals surface area contributed by atoms with Gasteiger partial charge in [0, 0.05) is 49.1 Å². The van der Waals surface area contributed by atoms with Gasteiger partial charge in [-0.05, 0) is 45.2 Å². The van der Waals surface area contributed by atoms with Crippen LogP contribution in [-0.4, -0.2) is 59.8 Å². The van der Waals surface area contributed by atoms with Crippen LogP contribution in [0.1, 0.15) is 11.3 Å². The van der Waals surface area contributed by atoms with Crippen LogP contribution in [0, 0.1) is 13.8 Å². The largest absolute Gasteiger partial charge is 0.497 e. The number of hydrogen-bond acceptors (Lipinski definition) is 5. The van der Waals surface area contributed by atoms with E-state index in [-0.39, 0.29) is 0 Å². The van der Waals surface area contributed by atoms with E-state index in [0.717, 1.165) is 65.9 Å². The minimum absolute atomic E-state index is 0.849. The average molecular weight is 351 g/mol. The fraction of sp³-hybridized carbons (Fsp3) is 0.400. The zero-order valence-electron chi connectivity index (χ0n) is 15.9. The van der Waals surface area contributed by atoms with E-state index in [2.05, 4.69) is 48.9 Å². The van der Waals surface area contributed by atoms with Crippen LogP contribution >= 0.6 is 0 Å². The number of anilines is 1. The van der Waals surface area contributed by atoms with Crippen LogP contribution in [0.2, 0.25) is 0 Å². The molecule has 1 fully saturated rings. The highest BCUT2D eigenvalue weighted by Crippen LogP contribution is 2.29. The summed E-state index contributed by atoms with van der Waals surface area (Å²) < 4.78 is 7.28. The van der Waals surface area contributed by atoms with Crippen molar-refractivity contribution in [2.75, 3.05) is 45.2 Å². The molecule has 26 heavy (non-hydrogen) atoms. The molecule has 0 aliphatic carbocycles. The second kappa shape index (κ2) is 6.61. The van der Waals surface area contributed by atoms with Crippen molar-refractivity contribution in [1.29, 1.82) is 0 Å². The minimum atomic E-state index is 0.849. The lowest BCUT2D eigenvalue weighted by molar-refractivity contribution is 0.311. The standard InChI is InChI=1S/C20H25N5O/c1-14-13-18(24-11-9-23(3)10-12-24)25-20(21-14)15(2)19(22-25)16-5-7-17(26-4)8-6-16/h5-8,13H,9-12H2,1-4H3. The topological polar surface area (TPSA) is 45.9 Å². The highest BCUT2D eigenvalue weighted by atomic mass is 16.5. The lowest BCUT2D eigenvalue weighted by Crippen LogP contribution is -2.45. The Morgan fingerprint density at radius 1 is 1.00 bits per heavy atom. The van der Waals surface area contributed by atoms with Crippen molar-refractivity contribution in [3.8, 4) is 17.0 Å². The highest BCUT2D eigenvalue weighted by Gasteiger charge is 2.21. The van der Waals surface area contributed by atoms with E-state index in [4.69, 9.17) is 14.8 Å². The molecule has 0 atom stereocenters. The van der Waals surface area contributed by atoms with Gasteiger partial charge in [-0.1, -0.05) is 0 Å². The minimum Gasteiger partial charge on any atom is -0.497 e. The molecule has 1 aromatic carbocycles. The number of benzene rings is 1. The van der Waals surface area contributed by atoms with Crippen molar-refractivity contribution in [3.05, 3.63) is 41.6 Å². The molecule has 0 radical (unpaired) electrons. The molecule has 0 bridgehead atoms. The third-order valence-corrected chi connectivity index (χ3v) is 5.12. The van der Waals surface area contributed by atoms with E-state index in [1.54, 1.807) is 7.11 Å². The summed E-state index contributed by atoms with van der Waals surface area (Å²) in [5.41, 5.74) is 5.12. The van der Waals surface area contributed by atoms with Crippen LogP contribution in [0.5, 0.6) is 5.75 Å². The Bertz CT molecular complexity index is 924. The fourth-order valence-corrected chi connectivity index (χ4v) is 3.51. The molecule has 3 heterocycles. The van der Waals surface area contributed by atoms with Crippen molar-refractivity contribution in [3.63, 3.8) is 0 Å². The lowest BCUT2D eigenvalue weighted by Gasteiger charge is -2.34. The van der Waals surface area contributed by atoms with Crippen LogP contribution in [0.15, 0.2) is 30.3 Å². The molecule has 1 aliphatic heterocycles. The summed E-state index contributed by atoms with van der Waals surface area (Å²) >= 11 is 0. The molecular formula is C20H25N5O. The van der Waals surface area contributed by atoms with E-state index in [1.807, 2.05) is 16.6 Å². The van der Waals surface area contributed by atoms with Gasteiger partial charge in [0.2, 0.25) is 0 Å². The van der Waals surface area contributed by atoms with Crippen molar-refractivity contribution in [2.45, 2.75) is 13.8 Å². The smallest absolute Gasteiger partial charge is 0.161 e. The number of nitrogens with zero attached hydrogens (tertiary/aromatic N) is 5. The summed E-state index contributed by atoms with van der Waals surface area (Å²) in [5.74, 6) is 1.98. The van der Waals surface area contributed by atoms with Gasteiger partial charge in [-0.3, -0.25) is 0 Å². The Hall–Kier alpha value is -2.60. The summed E-state index contributed by atoms with van der Waals surface area (Å²) in [7, 11) is 3.85. The first-order chi connectivity index (χ1) is 12.6. The first-order valence-electron chi connectivity index (χ1n) is 9.01. The third-order valence-electron chi connectivity index (χ3n) is 5.12. The summed E-state index contributed by atoms with van der Waals surface area (Å²) in [5, 5.41) is 4.93. The van der Waals surface area contributed by atoms with E-state index < -0.39 is 0 Å². The van der Waals surface area contributed by atoms with Crippen molar-refractivity contribution >= 4 is 11.5 Å². The fourth-order valence-electron chi connectivity index (χ4n) is 3.51. The lowest BCUT2D eigenvalue weighted by atomic mass is 10.1. The summed E-state index contributed by atoms with van der Waals surface area (Å²) in [6, 6.07) is 10.2. The Morgan fingerprint density at radius 2 is 1.69 bits per heavy atom. The van der Waals surface area contributed by atoms with E-state index in [1.165, 1.54) is 0 Å². The predicted molar refractivity (Wildman–Crippen MR) is 104 cm³/mol. The van der Waals surface area contributed by atoms with Gasteiger partial charge in [-0.15, -0.1) is 0 Å². The molecule has 4 rings (SSSR count). The number of rotatable bonds is 3. The van der Waals surface area contributed by atoms with Crippen molar-refractivity contribution in [1.82, 2.24) is 19.5 Å². The number of piperazine rings is 1. The molecule has 1 aliphatic rings. The molecule has 3 aromatic rings. The zero-order chi connectivity index (χ0) is 18.3. The third kappa shape index (κ3) is 2.90. The maximum atomic E-state index is 5.27. The van der Waals surface area contributed by atoms with Gasteiger partial charge in [0.05, 0.1) is 12.8 Å². The maximum absolute atomic E-state index is 5.27. The van der Waals surface area contributed by atoms with Gasteiger partial charge in [0.1, 0.15) is 11.6 Å². The number of hydrogen-bond donors (Lipinski definition) is 0. The van der Waals surface area contributed by atoms with Gasteiger partial charge >= 0.3 is 0 Å².